The van der Waals surface area contributed by atoms with Crippen LogP contribution in [0.1, 0.15) is 12.0 Å². The second-order valence-electron chi connectivity index (χ2n) is 6.63. The van der Waals surface area contributed by atoms with E-state index in [0.29, 0.717) is 32.1 Å². The monoisotopic (exact) mass is 424 g/mol. The van der Waals surface area contributed by atoms with Gasteiger partial charge in [-0.3, -0.25) is 4.90 Å². The van der Waals surface area contributed by atoms with Crippen molar-refractivity contribution in [2.75, 3.05) is 50.9 Å². The summed E-state index contributed by atoms with van der Waals surface area (Å²) in [5.74, 6) is 1.55. The quantitative estimate of drug-likeness (QED) is 0.744. The van der Waals surface area contributed by atoms with Crippen molar-refractivity contribution in [3.63, 3.8) is 0 Å². The largest absolute Gasteiger partial charge is 0.416 e. The fraction of sp³-hybridized carbons (Fsp3) is 0.647. The fourth-order valence-electron chi connectivity index (χ4n) is 3.30. The lowest BCUT2D eigenvalue weighted by atomic mass is 10.2. The number of benzene rings is 1. The highest BCUT2D eigenvalue weighted by Gasteiger charge is 2.35. The smallest absolute Gasteiger partial charge is 0.379 e. The van der Waals surface area contributed by atoms with E-state index in [1.165, 1.54) is 4.31 Å². The van der Waals surface area contributed by atoms with Gasteiger partial charge in [0, 0.05) is 38.0 Å². The van der Waals surface area contributed by atoms with Crippen molar-refractivity contribution in [2.45, 2.75) is 23.5 Å². The number of morpholine rings is 1. The lowest BCUT2D eigenvalue weighted by molar-refractivity contribution is -0.137. The third kappa shape index (κ3) is 5.17. The van der Waals surface area contributed by atoms with Crippen LogP contribution < -0.4 is 0 Å². The van der Waals surface area contributed by atoms with Gasteiger partial charge in [0.15, 0.2) is 0 Å². The molecule has 2 aliphatic heterocycles. The van der Waals surface area contributed by atoms with Crippen molar-refractivity contribution >= 4 is 21.8 Å². The molecule has 2 fully saturated rings. The Kier molecular flexibility index (Phi) is 6.73. The average Bonchev–Trinajstić information content (AvgIpc) is 2.88. The van der Waals surface area contributed by atoms with Gasteiger partial charge >= 0.3 is 6.18 Å². The Balaban J connectivity index is 1.82. The van der Waals surface area contributed by atoms with Crippen LogP contribution >= 0.6 is 11.8 Å². The number of hydrogen-bond donors (Lipinski definition) is 0. The van der Waals surface area contributed by atoms with Gasteiger partial charge < -0.3 is 4.74 Å². The van der Waals surface area contributed by atoms with Gasteiger partial charge in [0.25, 0.3) is 0 Å². The minimum atomic E-state index is -4.49. The predicted octanol–water partition coefficient (Wildman–Crippen LogP) is 2.53. The highest BCUT2D eigenvalue weighted by molar-refractivity contribution is 7.99. The SMILES string of the molecule is O=S(=O)(c1ccc(C(F)(F)F)cc1)N1CCCSCC1CN1CCOCC1. The molecule has 1 aromatic carbocycles. The number of hydrogen-bond acceptors (Lipinski definition) is 5. The van der Waals surface area contributed by atoms with Gasteiger partial charge in [-0.2, -0.15) is 29.2 Å². The molecule has 0 N–H and O–H groups in total. The Morgan fingerprint density at radius 2 is 1.78 bits per heavy atom. The summed E-state index contributed by atoms with van der Waals surface area (Å²) in [6.45, 7) is 3.77. The van der Waals surface area contributed by atoms with Crippen LogP contribution in [-0.4, -0.2) is 74.6 Å². The summed E-state index contributed by atoms with van der Waals surface area (Å²) in [6, 6.07) is 3.57. The summed E-state index contributed by atoms with van der Waals surface area (Å²) < 4.78 is 71.4. The van der Waals surface area contributed by atoms with Crippen LogP contribution in [0.2, 0.25) is 0 Å². The molecule has 3 rings (SSSR count). The van der Waals surface area contributed by atoms with Gasteiger partial charge in [0.05, 0.1) is 23.7 Å². The molecule has 0 spiro atoms. The molecule has 10 heteroatoms. The van der Waals surface area contributed by atoms with Gasteiger partial charge in [0.1, 0.15) is 0 Å². The van der Waals surface area contributed by atoms with E-state index in [9.17, 15) is 21.6 Å². The molecule has 2 aliphatic rings. The predicted molar refractivity (Wildman–Crippen MR) is 98.3 cm³/mol. The maximum Gasteiger partial charge on any atom is 0.416 e. The highest BCUT2D eigenvalue weighted by atomic mass is 32.2. The third-order valence-electron chi connectivity index (χ3n) is 4.75. The Morgan fingerprint density at radius 1 is 1.11 bits per heavy atom. The molecule has 152 valence electrons. The van der Waals surface area contributed by atoms with Crippen molar-refractivity contribution in [3.8, 4) is 0 Å². The lowest BCUT2D eigenvalue weighted by Crippen LogP contribution is -2.50. The minimum absolute atomic E-state index is 0.0885. The molecule has 5 nitrogen and oxygen atoms in total. The molecule has 0 amide bonds. The minimum Gasteiger partial charge on any atom is -0.379 e. The summed E-state index contributed by atoms with van der Waals surface area (Å²) in [6.07, 6.45) is -3.76. The van der Waals surface area contributed by atoms with E-state index >= 15 is 0 Å². The normalized spacial score (nSPS) is 23.9. The van der Waals surface area contributed by atoms with Gasteiger partial charge in [-0.25, -0.2) is 8.42 Å². The Labute approximate surface area is 161 Å². The second kappa shape index (κ2) is 8.69. The van der Waals surface area contributed by atoms with Crippen molar-refractivity contribution in [1.82, 2.24) is 9.21 Å². The van der Waals surface area contributed by atoms with E-state index in [1.807, 2.05) is 0 Å². The molecule has 0 radical (unpaired) electrons. The van der Waals surface area contributed by atoms with E-state index in [0.717, 1.165) is 49.5 Å². The molecule has 27 heavy (non-hydrogen) atoms. The van der Waals surface area contributed by atoms with Gasteiger partial charge in [-0.15, -0.1) is 0 Å². The number of thioether (sulfide) groups is 1. The van der Waals surface area contributed by atoms with E-state index in [2.05, 4.69) is 4.90 Å². The van der Waals surface area contributed by atoms with Crippen molar-refractivity contribution in [2.24, 2.45) is 0 Å². The van der Waals surface area contributed by atoms with Crippen LogP contribution in [0.25, 0.3) is 0 Å². The van der Waals surface area contributed by atoms with Crippen LogP contribution in [0, 0.1) is 0 Å². The zero-order valence-electron chi connectivity index (χ0n) is 14.8. The highest BCUT2D eigenvalue weighted by Crippen LogP contribution is 2.31. The summed E-state index contributed by atoms with van der Waals surface area (Å²) in [4.78, 5) is 2.10. The number of nitrogens with zero attached hydrogens (tertiary/aromatic N) is 2. The molecule has 0 aliphatic carbocycles. The van der Waals surface area contributed by atoms with Crippen LogP contribution in [-0.2, 0) is 20.9 Å². The molecule has 2 saturated heterocycles. The number of alkyl halides is 3. The third-order valence-corrected chi connectivity index (χ3v) is 7.91. The Hall–Kier alpha value is -0.810. The zero-order valence-corrected chi connectivity index (χ0v) is 16.5. The first-order valence-electron chi connectivity index (χ1n) is 8.85. The van der Waals surface area contributed by atoms with E-state index in [4.69, 9.17) is 4.74 Å². The van der Waals surface area contributed by atoms with Gasteiger partial charge in [-0.05, 0) is 36.4 Å². The molecule has 0 bridgehead atoms. The van der Waals surface area contributed by atoms with Crippen LogP contribution in [0.4, 0.5) is 13.2 Å². The van der Waals surface area contributed by atoms with Crippen LogP contribution in [0.15, 0.2) is 29.2 Å². The van der Waals surface area contributed by atoms with Crippen LogP contribution in [0.3, 0.4) is 0 Å². The van der Waals surface area contributed by atoms with Crippen molar-refractivity contribution < 1.29 is 26.3 Å². The van der Waals surface area contributed by atoms with Crippen molar-refractivity contribution in [1.29, 1.82) is 0 Å². The summed E-state index contributed by atoms with van der Waals surface area (Å²) in [7, 11) is -3.85. The van der Waals surface area contributed by atoms with E-state index in [1.54, 1.807) is 11.8 Å². The standard InChI is InChI=1S/C17H23F3N2O3S2/c18-17(19,20)14-2-4-16(5-3-14)27(23,24)22-6-1-11-26-13-15(22)12-21-7-9-25-10-8-21/h2-5,15H,1,6-13H2. The summed E-state index contributed by atoms with van der Waals surface area (Å²) in [5, 5.41) is 0. The number of ether oxygens (including phenoxy) is 1. The summed E-state index contributed by atoms with van der Waals surface area (Å²) >= 11 is 1.72. The maximum atomic E-state index is 13.1. The molecular formula is C17H23F3N2O3S2. The Morgan fingerprint density at radius 3 is 2.41 bits per heavy atom. The fourth-order valence-corrected chi connectivity index (χ4v) is 6.11. The molecule has 0 saturated carbocycles. The summed E-state index contributed by atoms with van der Waals surface area (Å²) in [5.41, 5.74) is -0.849. The number of halogens is 3. The first kappa shape index (κ1) is 20.9. The Bertz CT molecular complexity index is 720. The second-order valence-corrected chi connectivity index (χ2v) is 9.67. The molecule has 1 atom stereocenters. The topological polar surface area (TPSA) is 49.9 Å². The average molecular weight is 425 g/mol. The zero-order chi connectivity index (χ0) is 19.5. The number of rotatable bonds is 4. The van der Waals surface area contributed by atoms with Gasteiger partial charge in [0.2, 0.25) is 10.0 Å². The lowest BCUT2D eigenvalue weighted by Gasteiger charge is -2.35. The molecular weight excluding hydrogens is 401 g/mol. The first-order valence-corrected chi connectivity index (χ1v) is 11.4. The van der Waals surface area contributed by atoms with E-state index < -0.39 is 21.8 Å². The maximum absolute atomic E-state index is 13.1. The molecule has 1 unspecified atom stereocenters. The van der Waals surface area contributed by atoms with Crippen LogP contribution in [0.5, 0.6) is 0 Å². The number of sulfonamides is 1. The molecule has 1 aromatic rings. The molecule has 0 aromatic heterocycles. The van der Waals surface area contributed by atoms with Crippen molar-refractivity contribution in [3.05, 3.63) is 29.8 Å². The first-order chi connectivity index (χ1) is 12.8. The molecule has 2 heterocycles. The van der Waals surface area contributed by atoms with E-state index in [-0.39, 0.29) is 10.9 Å². The van der Waals surface area contributed by atoms with Gasteiger partial charge in [-0.1, -0.05) is 0 Å².